The van der Waals surface area contributed by atoms with E-state index in [2.05, 4.69) is 303 Å². The van der Waals surface area contributed by atoms with Gasteiger partial charge in [-0.3, -0.25) is 0 Å². The Morgan fingerprint density at radius 2 is 0.740 bits per heavy atom. The van der Waals surface area contributed by atoms with E-state index in [1.807, 2.05) is 0 Å². The summed E-state index contributed by atoms with van der Waals surface area (Å²) in [5.41, 5.74) is 21.0. The normalized spacial score (nSPS) is 12.4. The Bertz CT molecular complexity index is 3970. The molecule has 0 N–H and O–H groups in total. The van der Waals surface area contributed by atoms with Gasteiger partial charge in [-0.1, -0.05) is 232 Å². The van der Waals surface area contributed by atoms with Crippen LogP contribution in [0, 0.1) is 0 Å². The number of para-hydroxylation sites is 2. The second kappa shape index (κ2) is 18.2. The predicted molar refractivity (Wildman–Crippen MR) is 310 cm³/mol. The Hall–Kier alpha value is -9.24. The van der Waals surface area contributed by atoms with E-state index in [0.717, 1.165) is 45.3 Å². The van der Waals surface area contributed by atoms with Gasteiger partial charge < -0.3 is 9.80 Å². The van der Waals surface area contributed by atoms with Crippen molar-refractivity contribution in [2.45, 2.75) is 19.3 Å². The molecule has 0 bridgehead atoms. The average Bonchev–Trinajstić information content (AvgIpc) is 3.69. The van der Waals surface area contributed by atoms with Crippen LogP contribution in [0.15, 0.2) is 279 Å². The average molecular weight is 933 g/mol. The minimum Gasteiger partial charge on any atom is -0.310 e. The van der Waals surface area contributed by atoms with Crippen molar-refractivity contribution < 1.29 is 0 Å². The number of nitrogens with zero attached hydrogens (tertiary/aromatic N) is 2. The van der Waals surface area contributed by atoms with Crippen LogP contribution in [-0.4, -0.2) is 0 Å². The fourth-order valence-corrected chi connectivity index (χ4v) is 11.5. The van der Waals surface area contributed by atoms with E-state index in [9.17, 15) is 0 Å². The molecular formula is C71H52N2. The lowest BCUT2D eigenvalue weighted by Crippen LogP contribution is -2.17. The summed E-state index contributed by atoms with van der Waals surface area (Å²) in [5, 5.41) is 4.88. The lowest BCUT2D eigenvalue weighted by Gasteiger charge is -2.32. The van der Waals surface area contributed by atoms with E-state index < -0.39 is 0 Å². The molecule has 1 aliphatic carbocycles. The molecule has 346 valence electrons. The Morgan fingerprint density at radius 1 is 0.260 bits per heavy atom. The monoisotopic (exact) mass is 932 g/mol. The van der Waals surface area contributed by atoms with Crippen molar-refractivity contribution in [2.75, 3.05) is 9.80 Å². The maximum atomic E-state index is 2.46. The van der Waals surface area contributed by atoms with E-state index in [0.29, 0.717) is 0 Å². The molecule has 0 atom stereocenters. The van der Waals surface area contributed by atoms with Crippen LogP contribution >= 0.6 is 0 Å². The summed E-state index contributed by atoms with van der Waals surface area (Å²) in [6.07, 6.45) is 0. The highest BCUT2D eigenvalue weighted by atomic mass is 15.2. The third-order valence-electron chi connectivity index (χ3n) is 15.0. The van der Waals surface area contributed by atoms with E-state index in [1.54, 1.807) is 0 Å². The molecule has 0 amide bonds. The lowest BCUT2D eigenvalue weighted by molar-refractivity contribution is 0.660. The Balaban J connectivity index is 1.05. The minimum atomic E-state index is -0.168. The van der Waals surface area contributed by atoms with E-state index in [4.69, 9.17) is 0 Å². The minimum absolute atomic E-state index is 0.168. The second-order valence-corrected chi connectivity index (χ2v) is 19.7. The molecule has 0 spiro atoms. The standard InChI is InChI=1S/C71H52N2/c1-71(2)66-34-20-19-33-64(66)65-43-41-58(48-67(65)71)72(56-27-11-5-12-28-56)59-45-55(49-35-37-52(38-36-49)63-42-39-50-21-15-17-31-61(50)69(63)53-23-7-3-8-24-53)46-60(47-59)73(57-29-13-6-14-30-57)68-44-40-51-22-16-18-32-62(51)70(68)54-25-9-4-10-26-54/h3-48H,1-2H3. The Kier molecular flexibility index (Phi) is 10.9. The van der Waals surface area contributed by atoms with Gasteiger partial charge in [0.2, 0.25) is 0 Å². The fourth-order valence-electron chi connectivity index (χ4n) is 11.5. The molecule has 0 heterocycles. The SMILES string of the molecule is CC1(C)c2ccccc2-c2ccc(N(c3ccccc3)c3cc(-c4ccc(-c5ccc6ccccc6c5-c5ccccc5)cc4)cc(N(c4ccccc4)c4ccc5ccccc5c4-c4ccccc4)c3)cc21. The van der Waals surface area contributed by atoms with Crippen molar-refractivity contribution >= 4 is 55.7 Å². The van der Waals surface area contributed by atoms with E-state index in [1.165, 1.54) is 77.2 Å². The molecule has 13 rings (SSSR count). The number of rotatable bonds is 10. The fraction of sp³-hybridized carbons (Fsp3) is 0.0423. The van der Waals surface area contributed by atoms with Crippen LogP contribution in [-0.2, 0) is 5.41 Å². The van der Waals surface area contributed by atoms with Crippen LogP contribution in [0.2, 0.25) is 0 Å². The number of benzene rings is 12. The summed E-state index contributed by atoms with van der Waals surface area (Å²) in [6, 6.07) is 102. The number of hydrogen-bond donors (Lipinski definition) is 0. The molecule has 0 unspecified atom stereocenters. The molecule has 12 aromatic rings. The van der Waals surface area contributed by atoms with Crippen LogP contribution in [0.25, 0.3) is 77.2 Å². The molecule has 0 saturated carbocycles. The molecule has 2 heteroatoms. The van der Waals surface area contributed by atoms with Crippen molar-refractivity contribution in [3.63, 3.8) is 0 Å². The zero-order valence-corrected chi connectivity index (χ0v) is 41.0. The first-order chi connectivity index (χ1) is 36.0. The van der Waals surface area contributed by atoms with Crippen molar-refractivity contribution in [1.29, 1.82) is 0 Å². The molecule has 73 heavy (non-hydrogen) atoms. The van der Waals surface area contributed by atoms with Gasteiger partial charge in [0.15, 0.2) is 0 Å². The predicted octanol–water partition coefficient (Wildman–Crippen LogP) is 19.9. The van der Waals surface area contributed by atoms with Gasteiger partial charge in [-0.05, 0) is 143 Å². The third kappa shape index (κ3) is 7.76. The highest BCUT2D eigenvalue weighted by Crippen LogP contribution is 2.52. The maximum absolute atomic E-state index is 2.46. The summed E-state index contributed by atoms with van der Waals surface area (Å²) < 4.78 is 0. The topological polar surface area (TPSA) is 6.48 Å². The zero-order chi connectivity index (χ0) is 48.9. The van der Waals surface area contributed by atoms with Crippen LogP contribution < -0.4 is 9.80 Å². The van der Waals surface area contributed by atoms with Gasteiger partial charge in [-0.2, -0.15) is 0 Å². The molecule has 0 aliphatic heterocycles. The number of fused-ring (bicyclic) bond motifs is 5. The smallest absolute Gasteiger partial charge is 0.0546 e. The Morgan fingerprint density at radius 3 is 1.40 bits per heavy atom. The summed E-state index contributed by atoms with van der Waals surface area (Å²) >= 11 is 0. The summed E-state index contributed by atoms with van der Waals surface area (Å²) in [6.45, 7) is 4.73. The Labute approximate surface area is 428 Å². The van der Waals surface area contributed by atoms with Crippen molar-refractivity contribution in [2.24, 2.45) is 0 Å². The highest BCUT2D eigenvalue weighted by Gasteiger charge is 2.36. The van der Waals surface area contributed by atoms with E-state index in [-0.39, 0.29) is 5.41 Å². The molecule has 1 aliphatic rings. The van der Waals surface area contributed by atoms with Gasteiger partial charge in [0.05, 0.1) is 5.69 Å². The molecule has 2 nitrogen and oxygen atoms in total. The highest BCUT2D eigenvalue weighted by molar-refractivity contribution is 6.07. The van der Waals surface area contributed by atoms with Gasteiger partial charge in [-0.25, -0.2) is 0 Å². The van der Waals surface area contributed by atoms with Gasteiger partial charge in [0, 0.05) is 39.4 Å². The van der Waals surface area contributed by atoms with Gasteiger partial charge in [0.1, 0.15) is 0 Å². The molecule has 0 saturated heterocycles. The van der Waals surface area contributed by atoms with Gasteiger partial charge >= 0.3 is 0 Å². The quantitative estimate of drug-likeness (QED) is 0.135. The largest absolute Gasteiger partial charge is 0.310 e. The van der Waals surface area contributed by atoms with Crippen molar-refractivity contribution in [3.05, 3.63) is 290 Å². The zero-order valence-electron chi connectivity index (χ0n) is 41.0. The second-order valence-electron chi connectivity index (χ2n) is 19.7. The number of anilines is 6. The van der Waals surface area contributed by atoms with Crippen LogP contribution in [0.4, 0.5) is 34.1 Å². The first-order valence-electron chi connectivity index (χ1n) is 25.3. The molecule has 12 aromatic carbocycles. The molecule has 0 fully saturated rings. The lowest BCUT2D eigenvalue weighted by atomic mass is 9.82. The molecular weight excluding hydrogens is 881 g/mol. The van der Waals surface area contributed by atoms with Crippen LogP contribution in [0.1, 0.15) is 25.0 Å². The van der Waals surface area contributed by atoms with Crippen molar-refractivity contribution in [3.8, 4) is 55.6 Å². The van der Waals surface area contributed by atoms with Crippen LogP contribution in [0.3, 0.4) is 0 Å². The van der Waals surface area contributed by atoms with Crippen molar-refractivity contribution in [1.82, 2.24) is 0 Å². The van der Waals surface area contributed by atoms with Gasteiger partial charge in [-0.15, -0.1) is 0 Å². The first-order valence-corrected chi connectivity index (χ1v) is 25.3. The number of hydrogen-bond acceptors (Lipinski definition) is 2. The van der Waals surface area contributed by atoms with Crippen LogP contribution in [0.5, 0.6) is 0 Å². The first kappa shape index (κ1) is 43.8. The third-order valence-corrected chi connectivity index (χ3v) is 15.0. The summed E-state index contributed by atoms with van der Waals surface area (Å²) in [7, 11) is 0. The summed E-state index contributed by atoms with van der Waals surface area (Å²) in [4.78, 5) is 4.91. The maximum Gasteiger partial charge on any atom is 0.0546 e. The molecule has 0 radical (unpaired) electrons. The molecule has 0 aromatic heterocycles. The van der Waals surface area contributed by atoms with E-state index >= 15 is 0 Å². The summed E-state index contributed by atoms with van der Waals surface area (Å²) in [5.74, 6) is 0. The van der Waals surface area contributed by atoms with Gasteiger partial charge in [0.25, 0.3) is 0 Å².